The molecule has 0 bridgehead atoms. The van der Waals surface area contributed by atoms with Crippen molar-refractivity contribution in [2.75, 3.05) is 31.1 Å². The highest BCUT2D eigenvalue weighted by atomic mass is 32.2. The van der Waals surface area contributed by atoms with E-state index in [-0.39, 0.29) is 0 Å². The molecule has 1 unspecified atom stereocenters. The zero-order chi connectivity index (χ0) is 11.4. The molecule has 1 aliphatic heterocycles. The van der Waals surface area contributed by atoms with Crippen molar-refractivity contribution in [3.05, 3.63) is 12.4 Å². The molecule has 0 radical (unpaired) electrons. The number of aromatic nitrogens is 2. The number of hydrogen-bond acceptors (Lipinski definition) is 4. The summed E-state index contributed by atoms with van der Waals surface area (Å²) in [5, 5.41) is 5.02. The fraction of sp³-hybridized carbons (Fsp3) is 0.727. The Hall–Kier alpha value is -0.680. The van der Waals surface area contributed by atoms with Gasteiger partial charge < -0.3 is 5.73 Å². The monoisotopic (exact) mass is 240 g/mol. The molecular weight excluding hydrogens is 220 g/mol. The van der Waals surface area contributed by atoms with Crippen LogP contribution in [0.25, 0.3) is 0 Å². The van der Waals surface area contributed by atoms with Crippen molar-refractivity contribution in [2.24, 2.45) is 0 Å². The Kier molecular flexibility index (Phi) is 4.12. The molecule has 0 spiro atoms. The third-order valence-corrected chi connectivity index (χ3v) is 4.35. The van der Waals surface area contributed by atoms with Gasteiger partial charge in [0.15, 0.2) is 0 Å². The second-order valence-corrected chi connectivity index (χ2v) is 5.65. The Morgan fingerprint density at radius 2 is 2.44 bits per heavy atom. The van der Waals surface area contributed by atoms with Crippen LogP contribution in [-0.4, -0.2) is 45.3 Å². The molecule has 4 nitrogen and oxygen atoms in total. The second-order valence-electron chi connectivity index (χ2n) is 4.24. The Bertz CT molecular complexity index is 326. The van der Waals surface area contributed by atoms with E-state index in [0.29, 0.717) is 0 Å². The van der Waals surface area contributed by atoms with Gasteiger partial charge in [-0.2, -0.15) is 16.9 Å². The summed E-state index contributed by atoms with van der Waals surface area (Å²) in [7, 11) is 0. The van der Waals surface area contributed by atoms with Gasteiger partial charge in [-0.3, -0.25) is 9.58 Å². The molecule has 90 valence electrons. The van der Waals surface area contributed by atoms with Gasteiger partial charge >= 0.3 is 0 Å². The summed E-state index contributed by atoms with van der Waals surface area (Å²) in [5.74, 6) is 1.26. The van der Waals surface area contributed by atoms with Gasteiger partial charge in [-0.25, -0.2) is 0 Å². The molecule has 2 rings (SSSR count). The van der Waals surface area contributed by atoms with Gasteiger partial charge in [-0.05, 0) is 6.42 Å². The number of nitrogen functional groups attached to an aromatic ring is 1. The molecule has 1 saturated heterocycles. The Labute approximate surface area is 101 Å². The quantitative estimate of drug-likeness (QED) is 0.861. The highest BCUT2D eigenvalue weighted by Gasteiger charge is 2.18. The molecule has 0 aliphatic carbocycles. The van der Waals surface area contributed by atoms with Crippen LogP contribution in [0.2, 0.25) is 0 Å². The van der Waals surface area contributed by atoms with Crippen molar-refractivity contribution >= 4 is 17.4 Å². The van der Waals surface area contributed by atoms with Crippen molar-refractivity contribution < 1.29 is 0 Å². The lowest BCUT2D eigenvalue weighted by molar-refractivity contribution is 0.265. The number of thioether (sulfide) groups is 1. The van der Waals surface area contributed by atoms with Crippen molar-refractivity contribution in [2.45, 2.75) is 25.1 Å². The number of anilines is 1. The first-order chi connectivity index (χ1) is 7.78. The molecule has 1 aromatic rings. The van der Waals surface area contributed by atoms with Crippen LogP contribution in [0.4, 0.5) is 5.69 Å². The first kappa shape index (κ1) is 11.8. The second kappa shape index (κ2) is 5.59. The van der Waals surface area contributed by atoms with Gasteiger partial charge in [0, 0.05) is 36.8 Å². The maximum atomic E-state index is 5.63. The summed E-state index contributed by atoms with van der Waals surface area (Å²) < 4.78 is 1.93. The summed E-state index contributed by atoms with van der Waals surface area (Å²) in [6, 6.07) is 0. The summed E-state index contributed by atoms with van der Waals surface area (Å²) in [5.41, 5.74) is 6.38. The molecule has 2 N–H and O–H groups in total. The van der Waals surface area contributed by atoms with E-state index in [9.17, 15) is 0 Å². The minimum Gasteiger partial charge on any atom is -0.396 e. The summed E-state index contributed by atoms with van der Waals surface area (Å²) in [4.78, 5) is 2.53. The van der Waals surface area contributed by atoms with Crippen LogP contribution in [0.3, 0.4) is 0 Å². The van der Waals surface area contributed by atoms with Gasteiger partial charge in [0.05, 0.1) is 18.4 Å². The Balaban J connectivity index is 1.77. The molecule has 2 heterocycles. The van der Waals surface area contributed by atoms with Gasteiger partial charge in [-0.15, -0.1) is 0 Å². The van der Waals surface area contributed by atoms with Crippen molar-refractivity contribution in [3.63, 3.8) is 0 Å². The molecule has 1 aliphatic rings. The summed E-state index contributed by atoms with van der Waals surface area (Å²) in [6.45, 7) is 6.72. The van der Waals surface area contributed by atoms with Gasteiger partial charge in [0.2, 0.25) is 0 Å². The smallest absolute Gasteiger partial charge is 0.0719 e. The predicted molar refractivity (Wildman–Crippen MR) is 69.6 cm³/mol. The van der Waals surface area contributed by atoms with Crippen LogP contribution in [0, 0.1) is 0 Å². The minimum absolute atomic E-state index is 0.751. The van der Waals surface area contributed by atoms with Crippen LogP contribution >= 0.6 is 11.8 Å². The topological polar surface area (TPSA) is 47.1 Å². The average molecular weight is 240 g/mol. The minimum atomic E-state index is 0.751. The van der Waals surface area contributed by atoms with Gasteiger partial charge in [-0.1, -0.05) is 6.92 Å². The highest BCUT2D eigenvalue weighted by Crippen LogP contribution is 2.20. The van der Waals surface area contributed by atoms with Crippen molar-refractivity contribution in [3.8, 4) is 0 Å². The number of rotatable bonds is 4. The van der Waals surface area contributed by atoms with E-state index in [1.54, 1.807) is 6.20 Å². The average Bonchev–Trinajstić information content (AvgIpc) is 2.73. The SMILES string of the molecule is CCC1CN(CCn2cc(N)cn2)CCS1. The third kappa shape index (κ3) is 3.15. The number of nitrogens with two attached hydrogens (primary N) is 1. The molecule has 1 aromatic heterocycles. The zero-order valence-corrected chi connectivity index (χ0v) is 10.6. The predicted octanol–water partition coefficient (Wildman–Crippen LogP) is 1.29. The summed E-state index contributed by atoms with van der Waals surface area (Å²) >= 11 is 2.11. The molecule has 1 fully saturated rings. The van der Waals surface area contributed by atoms with Gasteiger partial charge in [0.1, 0.15) is 0 Å². The lowest BCUT2D eigenvalue weighted by Gasteiger charge is -2.31. The molecule has 0 saturated carbocycles. The Morgan fingerprint density at radius 3 is 3.12 bits per heavy atom. The molecule has 5 heteroatoms. The van der Waals surface area contributed by atoms with Gasteiger partial charge in [0.25, 0.3) is 0 Å². The van der Waals surface area contributed by atoms with E-state index in [4.69, 9.17) is 5.73 Å². The third-order valence-electron chi connectivity index (χ3n) is 2.98. The van der Waals surface area contributed by atoms with E-state index in [2.05, 4.69) is 28.7 Å². The molecular formula is C11H20N4S. The number of hydrogen-bond donors (Lipinski definition) is 1. The normalized spacial score (nSPS) is 22.4. The zero-order valence-electron chi connectivity index (χ0n) is 9.80. The van der Waals surface area contributed by atoms with Crippen LogP contribution in [0.15, 0.2) is 12.4 Å². The first-order valence-electron chi connectivity index (χ1n) is 5.90. The van der Waals surface area contributed by atoms with E-state index in [1.807, 2.05) is 10.9 Å². The molecule has 0 aromatic carbocycles. The van der Waals surface area contributed by atoms with Crippen LogP contribution in [-0.2, 0) is 6.54 Å². The Morgan fingerprint density at radius 1 is 1.56 bits per heavy atom. The lowest BCUT2D eigenvalue weighted by atomic mass is 10.3. The van der Waals surface area contributed by atoms with E-state index >= 15 is 0 Å². The largest absolute Gasteiger partial charge is 0.396 e. The summed E-state index contributed by atoms with van der Waals surface area (Å²) in [6.07, 6.45) is 4.88. The number of nitrogens with zero attached hydrogens (tertiary/aromatic N) is 3. The molecule has 0 amide bonds. The standard InChI is InChI=1S/C11H20N4S/c1-2-11-9-14(5-6-16-11)3-4-15-8-10(12)7-13-15/h7-8,11H,2-6,9,12H2,1H3. The van der Waals surface area contributed by atoms with E-state index < -0.39 is 0 Å². The fourth-order valence-corrected chi connectivity index (χ4v) is 3.23. The van der Waals surface area contributed by atoms with Crippen LogP contribution in [0.5, 0.6) is 0 Å². The van der Waals surface area contributed by atoms with Crippen molar-refractivity contribution in [1.82, 2.24) is 14.7 Å². The first-order valence-corrected chi connectivity index (χ1v) is 6.94. The van der Waals surface area contributed by atoms with E-state index in [0.717, 1.165) is 24.0 Å². The lowest BCUT2D eigenvalue weighted by Crippen LogP contribution is -2.39. The van der Waals surface area contributed by atoms with E-state index in [1.165, 1.54) is 25.3 Å². The maximum absolute atomic E-state index is 5.63. The fourth-order valence-electron chi connectivity index (χ4n) is 1.98. The maximum Gasteiger partial charge on any atom is 0.0719 e. The molecule has 1 atom stereocenters. The molecule has 16 heavy (non-hydrogen) atoms. The van der Waals surface area contributed by atoms with Crippen LogP contribution in [0.1, 0.15) is 13.3 Å². The van der Waals surface area contributed by atoms with Crippen molar-refractivity contribution in [1.29, 1.82) is 0 Å². The highest BCUT2D eigenvalue weighted by molar-refractivity contribution is 8.00. The van der Waals surface area contributed by atoms with Crippen LogP contribution < -0.4 is 5.73 Å².